The van der Waals surface area contributed by atoms with Crippen molar-refractivity contribution in [2.75, 3.05) is 0 Å². The molecule has 3 aromatic carbocycles. The van der Waals surface area contributed by atoms with Crippen molar-refractivity contribution in [2.24, 2.45) is 0 Å². The highest BCUT2D eigenvalue weighted by Crippen LogP contribution is 2.39. The summed E-state index contributed by atoms with van der Waals surface area (Å²) in [5.41, 5.74) is 2.44. The average molecular weight is 380 g/mol. The van der Waals surface area contributed by atoms with Crippen LogP contribution in [0.3, 0.4) is 0 Å². The number of aromatic nitrogens is 1. The minimum atomic E-state index is -4.45. The number of halogens is 3. The summed E-state index contributed by atoms with van der Waals surface area (Å²) < 4.78 is 42.4. The summed E-state index contributed by atoms with van der Waals surface area (Å²) in [5, 5.41) is 3.44. The first-order valence-electron chi connectivity index (χ1n) is 9.03. The fourth-order valence-corrected chi connectivity index (χ4v) is 3.54. The molecule has 0 bridgehead atoms. The van der Waals surface area contributed by atoms with Gasteiger partial charge in [0.25, 0.3) is 0 Å². The maximum atomic E-state index is 14.1. The maximum Gasteiger partial charge on any atom is 0.408 e. The summed E-state index contributed by atoms with van der Waals surface area (Å²) in [6.45, 7) is 0. The predicted octanol–water partition coefficient (Wildman–Crippen LogP) is 6.15. The summed E-state index contributed by atoms with van der Waals surface area (Å²) in [4.78, 5) is 2.95. The largest absolute Gasteiger partial charge is 0.408 e. The quantitative estimate of drug-likeness (QED) is 0.427. The van der Waals surface area contributed by atoms with Crippen LogP contribution in [0.2, 0.25) is 0 Å². The molecule has 2 N–H and O–H groups in total. The third-order valence-corrected chi connectivity index (χ3v) is 4.86. The van der Waals surface area contributed by atoms with Crippen molar-refractivity contribution < 1.29 is 13.2 Å². The van der Waals surface area contributed by atoms with E-state index in [1.54, 1.807) is 24.3 Å². The lowest BCUT2D eigenvalue weighted by atomic mass is 9.96. The van der Waals surface area contributed by atoms with E-state index < -0.39 is 18.3 Å². The predicted molar refractivity (Wildman–Crippen MR) is 105 cm³/mol. The zero-order chi connectivity index (χ0) is 19.6. The summed E-state index contributed by atoms with van der Waals surface area (Å²) >= 11 is 0. The number of para-hydroxylation sites is 1. The van der Waals surface area contributed by atoms with Crippen molar-refractivity contribution in [3.63, 3.8) is 0 Å². The van der Waals surface area contributed by atoms with Gasteiger partial charge in [0.05, 0.1) is 6.04 Å². The van der Waals surface area contributed by atoms with Crippen molar-refractivity contribution in [3.8, 4) is 0 Å². The molecule has 4 rings (SSSR count). The Morgan fingerprint density at radius 3 is 1.82 bits per heavy atom. The van der Waals surface area contributed by atoms with Crippen LogP contribution >= 0.6 is 0 Å². The molecule has 0 aliphatic heterocycles. The van der Waals surface area contributed by atoms with Gasteiger partial charge in [-0.25, -0.2) is 0 Å². The van der Waals surface area contributed by atoms with Gasteiger partial charge >= 0.3 is 6.18 Å². The molecule has 0 amide bonds. The van der Waals surface area contributed by atoms with Crippen LogP contribution in [0.25, 0.3) is 10.9 Å². The Balaban J connectivity index is 1.80. The van der Waals surface area contributed by atoms with E-state index in [1.165, 1.54) is 6.20 Å². The Kier molecular flexibility index (Phi) is 4.92. The normalized spacial score (nSPS) is 13.1. The smallest absolute Gasteiger partial charge is 0.361 e. The third kappa shape index (κ3) is 3.66. The van der Waals surface area contributed by atoms with Gasteiger partial charge in [-0.05, 0) is 17.2 Å². The van der Waals surface area contributed by atoms with Gasteiger partial charge in [-0.2, -0.15) is 13.2 Å². The second-order valence-electron chi connectivity index (χ2n) is 6.69. The highest BCUT2D eigenvalue weighted by molar-refractivity contribution is 5.83. The highest BCUT2D eigenvalue weighted by Gasteiger charge is 2.43. The summed E-state index contributed by atoms with van der Waals surface area (Å²) in [6.07, 6.45) is -3.00. The molecule has 1 atom stereocenters. The zero-order valence-electron chi connectivity index (χ0n) is 14.9. The first-order valence-corrected chi connectivity index (χ1v) is 9.03. The molecule has 0 aliphatic carbocycles. The van der Waals surface area contributed by atoms with Crippen molar-refractivity contribution >= 4 is 10.9 Å². The molecule has 4 aromatic rings. The first kappa shape index (κ1) is 18.3. The molecule has 142 valence electrons. The second-order valence-corrected chi connectivity index (χ2v) is 6.69. The molecule has 0 saturated carbocycles. The van der Waals surface area contributed by atoms with Gasteiger partial charge in [0, 0.05) is 22.7 Å². The molecule has 0 spiro atoms. The molecule has 2 nitrogen and oxygen atoms in total. The van der Waals surface area contributed by atoms with Gasteiger partial charge in [0.2, 0.25) is 0 Å². The van der Waals surface area contributed by atoms with Gasteiger partial charge in [-0.15, -0.1) is 0 Å². The molecule has 1 heterocycles. The topological polar surface area (TPSA) is 27.8 Å². The van der Waals surface area contributed by atoms with Crippen LogP contribution in [-0.2, 0) is 0 Å². The molecule has 1 aromatic heterocycles. The van der Waals surface area contributed by atoms with Crippen LogP contribution in [-0.4, -0.2) is 11.2 Å². The Morgan fingerprint density at radius 1 is 0.714 bits per heavy atom. The molecular formula is C23H19F3N2. The van der Waals surface area contributed by atoms with Crippen LogP contribution in [0.1, 0.15) is 28.8 Å². The number of hydrogen-bond donors (Lipinski definition) is 2. The summed E-state index contributed by atoms with van der Waals surface area (Å²) in [7, 11) is 0. The van der Waals surface area contributed by atoms with Crippen molar-refractivity contribution in [1.29, 1.82) is 0 Å². The summed E-state index contributed by atoms with van der Waals surface area (Å²) in [6, 6.07) is 23.0. The monoisotopic (exact) mass is 380 g/mol. The minimum Gasteiger partial charge on any atom is -0.361 e. The number of nitrogens with one attached hydrogen (secondary N) is 2. The van der Waals surface area contributed by atoms with Crippen molar-refractivity contribution in [3.05, 3.63) is 108 Å². The van der Waals surface area contributed by atoms with Crippen LogP contribution in [0, 0.1) is 0 Å². The average Bonchev–Trinajstić information content (AvgIpc) is 3.13. The van der Waals surface area contributed by atoms with Gasteiger partial charge in [0.15, 0.2) is 0 Å². The van der Waals surface area contributed by atoms with Crippen LogP contribution in [0.4, 0.5) is 13.2 Å². The van der Waals surface area contributed by atoms with E-state index in [1.807, 2.05) is 60.7 Å². The number of hydrogen-bond acceptors (Lipinski definition) is 1. The molecule has 0 aliphatic rings. The van der Waals surface area contributed by atoms with E-state index in [-0.39, 0.29) is 5.56 Å². The van der Waals surface area contributed by atoms with Crippen molar-refractivity contribution in [1.82, 2.24) is 10.3 Å². The minimum absolute atomic E-state index is 0.194. The lowest BCUT2D eigenvalue weighted by molar-refractivity contribution is -0.158. The van der Waals surface area contributed by atoms with Crippen molar-refractivity contribution in [2.45, 2.75) is 18.3 Å². The van der Waals surface area contributed by atoms with E-state index >= 15 is 0 Å². The molecule has 1 unspecified atom stereocenters. The van der Waals surface area contributed by atoms with Crippen LogP contribution in [0.5, 0.6) is 0 Å². The SMILES string of the molecule is FC(F)(F)C(NC(c1ccccc1)c1ccccc1)c1c[nH]c2ccccc12. The maximum absolute atomic E-state index is 14.1. The molecular weight excluding hydrogens is 361 g/mol. The van der Waals surface area contributed by atoms with E-state index in [2.05, 4.69) is 10.3 Å². The lowest BCUT2D eigenvalue weighted by Gasteiger charge is -2.28. The molecule has 0 saturated heterocycles. The van der Waals surface area contributed by atoms with E-state index in [0.717, 1.165) is 11.1 Å². The lowest BCUT2D eigenvalue weighted by Crippen LogP contribution is -2.37. The Labute approximate surface area is 161 Å². The molecule has 5 heteroatoms. The Hall–Kier alpha value is -3.05. The fraction of sp³-hybridized carbons (Fsp3) is 0.130. The zero-order valence-corrected chi connectivity index (χ0v) is 14.9. The Bertz CT molecular complexity index is 1000. The highest BCUT2D eigenvalue weighted by atomic mass is 19.4. The number of alkyl halides is 3. The number of H-pyrrole nitrogens is 1. The first-order chi connectivity index (χ1) is 13.5. The van der Waals surface area contributed by atoms with E-state index in [4.69, 9.17) is 0 Å². The number of rotatable bonds is 5. The number of fused-ring (bicyclic) bond motifs is 1. The van der Waals surface area contributed by atoms with Gasteiger partial charge in [0.1, 0.15) is 6.04 Å². The van der Waals surface area contributed by atoms with E-state index in [0.29, 0.717) is 10.9 Å². The van der Waals surface area contributed by atoms with Gasteiger partial charge in [-0.3, -0.25) is 5.32 Å². The second kappa shape index (κ2) is 7.52. The third-order valence-electron chi connectivity index (χ3n) is 4.86. The molecule has 0 fully saturated rings. The Morgan fingerprint density at radius 2 is 1.25 bits per heavy atom. The van der Waals surface area contributed by atoms with E-state index in [9.17, 15) is 13.2 Å². The summed E-state index contributed by atoms with van der Waals surface area (Å²) in [5.74, 6) is 0. The molecule has 0 radical (unpaired) electrons. The fourth-order valence-electron chi connectivity index (χ4n) is 3.54. The molecule has 28 heavy (non-hydrogen) atoms. The van der Waals surface area contributed by atoms with Gasteiger partial charge in [-0.1, -0.05) is 78.9 Å². The number of aromatic amines is 1. The standard InChI is InChI=1S/C23H19F3N2/c24-23(25,26)22(19-15-27-20-14-8-7-13-18(19)20)28-21(16-9-3-1-4-10-16)17-11-5-2-6-12-17/h1-15,21-22,27-28H. The van der Waals surface area contributed by atoms with Crippen LogP contribution < -0.4 is 5.32 Å². The number of benzene rings is 3. The van der Waals surface area contributed by atoms with Crippen LogP contribution in [0.15, 0.2) is 91.1 Å². The van der Waals surface area contributed by atoms with Gasteiger partial charge < -0.3 is 4.98 Å².